The van der Waals surface area contributed by atoms with Crippen LogP contribution < -0.4 is 10.6 Å². The molecular weight excluding hydrogens is 242 g/mol. The molecule has 2 unspecified atom stereocenters. The van der Waals surface area contributed by atoms with Gasteiger partial charge < -0.3 is 15.3 Å². The van der Waals surface area contributed by atoms with Crippen LogP contribution >= 0.6 is 0 Å². The molecular formula is C10H15N3O5. The van der Waals surface area contributed by atoms with Crippen molar-refractivity contribution < 1.29 is 24.3 Å². The van der Waals surface area contributed by atoms with Crippen molar-refractivity contribution in [1.82, 2.24) is 15.5 Å². The van der Waals surface area contributed by atoms with E-state index in [0.29, 0.717) is 6.42 Å². The number of carboxylic acids is 1. The van der Waals surface area contributed by atoms with Crippen LogP contribution in [-0.2, 0) is 14.4 Å². The number of hydrogen-bond acceptors (Lipinski definition) is 4. The van der Waals surface area contributed by atoms with Gasteiger partial charge in [0.1, 0.15) is 18.6 Å². The summed E-state index contributed by atoms with van der Waals surface area (Å²) in [5.74, 6) is -2.32. The lowest BCUT2D eigenvalue weighted by Crippen LogP contribution is -2.62. The average molecular weight is 257 g/mol. The predicted molar refractivity (Wildman–Crippen MR) is 59.6 cm³/mol. The second kappa shape index (κ2) is 5.48. The number of hydrogen-bond donors (Lipinski definition) is 3. The van der Waals surface area contributed by atoms with Crippen LogP contribution in [0.15, 0.2) is 0 Å². The third-order valence-corrected chi connectivity index (χ3v) is 2.61. The molecule has 4 amide bonds. The van der Waals surface area contributed by atoms with Crippen LogP contribution in [0, 0.1) is 0 Å². The molecule has 2 atom stereocenters. The summed E-state index contributed by atoms with van der Waals surface area (Å²) in [7, 11) is 0. The first-order valence-electron chi connectivity index (χ1n) is 5.50. The van der Waals surface area contributed by atoms with Crippen LogP contribution in [-0.4, -0.2) is 52.4 Å². The molecule has 0 aromatic heterocycles. The van der Waals surface area contributed by atoms with Crippen LogP contribution in [0.2, 0.25) is 0 Å². The average Bonchev–Trinajstić information content (AvgIpc) is 2.27. The van der Waals surface area contributed by atoms with Gasteiger partial charge in [-0.25, -0.2) is 4.79 Å². The van der Waals surface area contributed by atoms with Gasteiger partial charge in [-0.3, -0.25) is 19.7 Å². The third-order valence-electron chi connectivity index (χ3n) is 2.61. The predicted octanol–water partition coefficient (Wildman–Crippen LogP) is -1.09. The summed E-state index contributed by atoms with van der Waals surface area (Å²) in [4.78, 5) is 46.2. The molecule has 18 heavy (non-hydrogen) atoms. The summed E-state index contributed by atoms with van der Waals surface area (Å²) >= 11 is 0. The first-order chi connectivity index (χ1) is 8.36. The number of imide groups is 1. The first kappa shape index (κ1) is 13.9. The Morgan fingerprint density at radius 3 is 2.67 bits per heavy atom. The van der Waals surface area contributed by atoms with Crippen molar-refractivity contribution in [2.75, 3.05) is 6.54 Å². The number of carbonyl (C=O) groups is 4. The van der Waals surface area contributed by atoms with Crippen LogP contribution in [0.1, 0.15) is 20.3 Å². The molecule has 0 spiro atoms. The van der Waals surface area contributed by atoms with Gasteiger partial charge in [0.25, 0.3) is 0 Å². The number of amides is 4. The maximum Gasteiger partial charge on any atom is 0.325 e. The Morgan fingerprint density at radius 1 is 1.56 bits per heavy atom. The molecule has 1 rings (SSSR count). The van der Waals surface area contributed by atoms with Gasteiger partial charge in [-0.05, 0) is 13.3 Å². The second-order valence-electron chi connectivity index (χ2n) is 3.97. The van der Waals surface area contributed by atoms with E-state index < -0.39 is 35.9 Å². The zero-order valence-corrected chi connectivity index (χ0v) is 10.1. The summed E-state index contributed by atoms with van der Waals surface area (Å²) < 4.78 is 0. The minimum Gasteiger partial charge on any atom is -0.480 e. The molecule has 0 aromatic rings. The number of rotatable bonds is 3. The molecule has 1 heterocycles. The van der Waals surface area contributed by atoms with E-state index >= 15 is 0 Å². The molecule has 0 bridgehead atoms. The van der Waals surface area contributed by atoms with Gasteiger partial charge in [0.15, 0.2) is 0 Å². The van der Waals surface area contributed by atoms with Crippen molar-refractivity contribution >= 4 is 23.8 Å². The fourth-order valence-electron chi connectivity index (χ4n) is 1.62. The largest absolute Gasteiger partial charge is 0.480 e. The van der Waals surface area contributed by atoms with Crippen molar-refractivity contribution in [2.45, 2.75) is 32.4 Å². The van der Waals surface area contributed by atoms with E-state index in [4.69, 9.17) is 5.11 Å². The van der Waals surface area contributed by atoms with Crippen molar-refractivity contribution in [1.29, 1.82) is 0 Å². The third kappa shape index (κ3) is 2.96. The standard InChI is InChI=1S/C10H15N3O5/c1-3-6-8(15)12-7(14)4-13(6)10(18)11-5(2)9(16)17/h5-6H,3-4H2,1-2H3,(H,11,18)(H,16,17)(H,12,14,15). The minimum absolute atomic E-state index is 0.261. The zero-order valence-electron chi connectivity index (χ0n) is 10.1. The molecule has 0 saturated carbocycles. The highest BCUT2D eigenvalue weighted by atomic mass is 16.4. The van der Waals surface area contributed by atoms with Crippen LogP contribution in [0.3, 0.4) is 0 Å². The maximum atomic E-state index is 11.8. The number of nitrogens with one attached hydrogen (secondary N) is 2. The van der Waals surface area contributed by atoms with Gasteiger partial charge in [0, 0.05) is 0 Å². The fourth-order valence-corrected chi connectivity index (χ4v) is 1.62. The summed E-state index contributed by atoms with van der Waals surface area (Å²) in [6, 6.07) is -2.58. The zero-order chi connectivity index (χ0) is 13.9. The smallest absolute Gasteiger partial charge is 0.325 e. The molecule has 0 radical (unpaired) electrons. The molecule has 1 fully saturated rings. The van der Waals surface area contributed by atoms with E-state index in [1.165, 1.54) is 6.92 Å². The quantitative estimate of drug-likeness (QED) is 0.555. The van der Waals surface area contributed by atoms with E-state index in [1.54, 1.807) is 6.92 Å². The Hall–Kier alpha value is -2.12. The van der Waals surface area contributed by atoms with Crippen molar-refractivity contribution in [3.63, 3.8) is 0 Å². The Bertz CT molecular complexity index is 395. The van der Waals surface area contributed by atoms with Gasteiger partial charge in [-0.15, -0.1) is 0 Å². The molecule has 0 aliphatic carbocycles. The van der Waals surface area contributed by atoms with Crippen molar-refractivity contribution in [2.24, 2.45) is 0 Å². The van der Waals surface area contributed by atoms with Gasteiger partial charge in [0.2, 0.25) is 11.8 Å². The lowest BCUT2D eigenvalue weighted by atomic mass is 10.1. The SMILES string of the molecule is CCC1C(=O)NC(=O)CN1C(=O)NC(C)C(=O)O. The molecule has 8 heteroatoms. The Kier molecular flexibility index (Phi) is 4.24. The number of urea groups is 1. The highest BCUT2D eigenvalue weighted by Gasteiger charge is 2.36. The van der Waals surface area contributed by atoms with E-state index in [0.717, 1.165) is 4.90 Å². The fraction of sp³-hybridized carbons (Fsp3) is 0.600. The van der Waals surface area contributed by atoms with Crippen LogP contribution in [0.4, 0.5) is 4.79 Å². The monoisotopic (exact) mass is 257 g/mol. The molecule has 100 valence electrons. The topological polar surface area (TPSA) is 116 Å². The molecule has 0 aromatic carbocycles. The highest BCUT2D eigenvalue weighted by molar-refractivity contribution is 6.04. The summed E-state index contributed by atoms with van der Waals surface area (Å²) in [6.45, 7) is 2.73. The van der Waals surface area contributed by atoms with Gasteiger partial charge in [-0.2, -0.15) is 0 Å². The minimum atomic E-state index is -1.19. The van der Waals surface area contributed by atoms with Gasteiger partial charge >= 0.3 is 12.0 Å². The molecule has 1 aliphatic heterocycles. The van der Waals surface area contributed by atoms with Crippen molar-refractivity contribution in [3.8, 4) is 0 Å². The second-order valence-corrected chi connectivity index (χ2v) is 3.97. The summed E-state index contributed by atoms with van der Waals surface area (Å²) in [6.07, 6.45) is 0.341. The number of nitrogens with zero attached hydrogens (tertiary/aromatic N) is 1. The van der Waals surface area contributed by atoms with Crippen LogP contribution in [0.25, 0.3) is 0 Å². The lowest BCUT2D eigenvalue weighted by molar-refractivity contribution is -0.138. The van der Waals surface area contributed by atoms with Gasteiger partial charge in [0.05, 0.1) is 0 Å². The first-order valence-corrected chi connectivity index (χ1v) is 5.50. The van der Waals surface area contributed by atoms with Gasteiger partial charge in [-0.1, -0.05) is 6.92 Å². The Morgan fingerprint density at radius 2 is 2.17 bits per heavy atom. The number of piperazine rings is 1. The van der Waals surface area contributed by atoms with E-state index in [-0.39, 0.29) is 6.54 Å². The van der Waals surface area contributed by atoms with Crippen molar-refractivity contribution in [3.05, 3.63) is 0 Å². The molecule has 1 saturated heterocycles. The number of carboxylic acid groups (broad SMARTS) is 1. The van der Waals surface area contributed by atoms with Crippen LogP contribution in [0.5, 0.6) is 0 Å². The number of carbonyl (C=O) groups excluding carboxylic acids is 3. The van der Waals surface area contributed by atoms with E-state index in [2.05, 4.69) is 10.6 Å². The van der Waals surface area contributed by atoms with E-state index in [9.17, 15) is 19.2 Å². The summed E-state index contributed by atoms with van der Waals surface area (Å²) in [5, 5.41) is 13.0. The summed E-state index contributed by atoms with van der Waals surface area (Å²) in [5.41, 5.74) is 0. The Labute approximate surface area is 103 Å². The molecule has 3 N–H and O–H groups in total. The van der Waals surface area contributed by atoms with E-state index in [1.807, 2.05) is 0 Å². The normalized spacial score (nSPS) is 21.2. The molecule has 1 aliphatic rings. The molecule has 8 nitrogen and oxygen atoms in total. The highest BCUT2D eigenvalue weighted by Crippen LogP contribution is 2.09. The lowest BCUT2D eigenvalue weighted by Gasteiger charge is -2.33. The maximum absolute atomic E-state index is 11.8. The Balaban J connectivity index is 2.78. The number of aliphatic carboxylic acids is 1.